The molecule has 3 heteroatoms. The molecule has 0 aliphatic heterocycles. The molecule has 0 atom stereocenters. The Morgan fingerprint density at radius 1 is 1.36 bits per heavy atom. The molecule has 76 valence electrons. The van der Waals surface area contributed by atoms with Crippen molar-refractivity contribution >= 4 is 17.3 Å². The van der Waals surface area contributed by atoms with Gasteiger partial charge in [0, 0.05) is 29.8 Å². The van der Waals surface area contributed by atoms with Gasteiger partial charge >= 0.3 is 0 Å². The lowest BCUT2D eigenvalue weighted by atomic mass is 10.2. The number of nitrogens with zero attached hydrogens (tertiary/aromatic N) is 1. The van der Waals surface area contributed by atoms with Crippen molar-refractivity contribution in [3.63, 3.8) is 0 Å². The number of anilines is 1. The van der Waals surface area contributed by atoms with Crippen LogP contribution in [-0.2, 0) is 0 Å². The van der Waals surface area contributed by atoms with Gasteiger partial charge in [-0.15, -0.1) is 0 Å². The summed E-state index contributed by atoms with van der Waals surface area (Å²) >= 11 is 5.82. The Hall–Kier alpha value is -0.730. The third-order valence-corrected chi connectivity index (χ3v) is 2.96. The van der Waals surface area contributed by atoms with Gasteiger partial charge in [-0.1, -0.05) is 11.6 Å². The van der Waals surface area contributed by atoms with Gasteiger partial charge in [0.05, 0.1) is 0 Å². The van der Waals surface area contributed by atoms with Crippen molar-refractivity contribution in [3.8, 4) is 0 Å². The molecule has 14 heavy (non-hydrogen) atoms. The summed E-state index contributed by atoms with van der Waals surface area (Å²) in [4.78, 5) is 2.18. The quantitative estimate of drug-likeness (QED) is 0.830. The van der Waals surface area contributed by atoms with Crippen molar-refractivity contribution in [1.82, 2.24) is 0 Å². The number of benzene rings is 1. The maximum Gasteiger partial charge on any atom is 0.0407 e. The van der Waals surface area contributed by atoms with E-state index in [0.717, 1.165) is 24.4 Å². The molecule has 2 nitrogen and oxygen atoms in total. The molecule has 0 spiro atoms. The van der Waals surface area contributed by atoms with Gasteiger partial charge in [-0.05, 0) is 37.1 Å². The lowest BCUT2D eigenvalue weighted by molar-refractivity contribution is 0.660. The topological polar surface area (TPSA) is 29.3 Å². The van der Waals surface area contributed by atoms with Crippen molar-refractivity contribution in [3.05, 3.63) is 29.3 Å². The molecule has 0 heterocycles. The minimum Gasteiger partial charge on any atom is -0.373 e. The largest absolute Gasteiger partial charge is 0.373 e. The molecule has 2 N–H and O–H groups in total. The highest BCUT2D eigenvalue weighted by molar-refractivity contribution is 6.30. The summed E-state index contributed by atoms with van der Waals surface area (Å²) in [6, 6.07) is 7.86. The zero-order valence-electron chi connectivity index (χ0n) is 8.33. The van der Waals surface area contributed by atoms with Crippen molar-refractivity contribution < 1.29 is 0 Å². The summed E-state index contributed by atoms with van der Waals surface area (Å²) in [6.07, 6.45) is 2.29. The summed E-state index contributed by atoms with van der Waals surface area (Å²) in [7, 11) is 2.07. The molecule has 0 radical (unpaired) electrons. The second kappa shape index (κ2) is 3.44. The Bertz CT molecular complexity index is 317. The highest BCUT2D eigenvalue weighted by Crippen LogP contribution is 2.33. The normalized spacial score (nSPS) is 17.9. The third-order valence-electron chi connectivity index (χ3n) is 2.71. The average molecular weight is 211 g/mol. The van der Waals surface area contributed by atoms with Crippen LogP contribution in [0, 0.1) is 0 Å². The van der Waals surface area contributed by atoms with Crippen LogP contribution in [-0.4, -0.2) is 19.1 Å². The van der Waals surface area contributed by atoms with Gasteiger partial charge in [0.2, 0.25) is 0 Å². The van der Waals surface area contributed by atoms with E-state index in [9.17, 15) is 0 Å². The highest BCUT2D eigenvalue weighted by Gasteiger charge is 2.39. The maximum atomic E-state index is 6.05. The van der Waals surface area contributed by atoms with E-state index in [-0.39, 0.29) is 5.54 Å². The van der Waals surface area contributed by atoms with Gasteiger partial charge in [0.15, 0.2) is 0 Å². The van der Waals surface area contributed by atoms with E-state index in [1.165, 1.54) is 5.69 Å². The van der Waals surface area contributed by atoms with E-state index in [2.05, 4.69) is 11.9 Å². The molecule has 1 aliphatic carbocycles. The van der Waals surface area contributed by atoms with Crippen molar-refractivity contribution in [2.45, 2.75) is 18.4 Å². The summed E-state index contributed by atoms with van der Waals surface area (Å²) in [5.41, 5.74) is 7.28. The number of hydrogen-bond donors (Lipinski definition) is 1. The van der Waals surface area contributed by atoms with Gasteiger partial charge in [0.25, 0.3) is 0 Å². The fourth-order valence-electron chi connectivity index (χ4n) is 1.58. The molecule has 0 unspecified atom stereocenters. The number of likely N-dealkylation sites (N-methyl/N-ethyl adjacent to an activating group) is 1. The third kappa shape index (κ3) is 2.20. The number of nitrogens with two attached hydrogens (primary N) is 1. The molecule has 1 aromatic rings. The SMILES string of the molecule is CN(CC1(N)CC1)c1ccc(Cl)cc1. The van der Waals surface area contributed by atoms with Crippen LogP contribution in [0.1, 0.15) is 12.8 Å². The van der Waals surface area contributed by atoms with Crippen LogP contribution in [0.4, 0.5) is 5.69 Å². The highest BCUT2D eigenvalue weighted by atomic mass is 35.5. The monoisotopic (exact) mass is 210 g/mol. The minimum absolute atomic E-state index is 0.0639. The summed E-state index contributed by atoms with van der Waals surface area (Å²) in [5, 5.41) is 0.774. The average Bonchev–Trinajstić information content (AvgIpc) is 2.84. The van der Waals surface area contributed by atoms with Gasteiger partial charge in [-0.2, -0.15) is 0 Å². The molecule has 0 saturated heterocycles. The lowest BCUT2D eigenvalue weighted by Gasteiger charge is -2.23. The molecule has 1 fully saturated rings. The second-order valence-corrected chi connectivity index (χ2v) is 4.63. The lowest BCUT2D eigenvalue weighted by Crippen LogP contribution is -2.37. The van der Waals surface area contributed by atoms with Crippen LogP contribution in [0.3, 0.4) is 0 Å². The van der Waals surface area contributed by atoms with Crippen LogP contribution in [0.5, 0.6) is 0 Å². The van der Waals surface area contributed by atoms with E-state index in [0.29, 0.717) is 0 Å². The minimum atomic E-state index is 0.0639. The van der Waals surface area contributed by atoms with E-state index >= 15 is 0 Å². The molecule has 1 aromatic carbocycles. The number of rotatable bonds is 3. The van der Waals surface area contributed by atoms with Gasteiger partial charge < -0.3 is 10.6 Å². The van der Waals surface area contributed by atoms with Crippen LogP contribution in [0.15, 0.2) is 24.3 Å². The molecule has 1 aliphatic rings. The Balaban J connectivity index is 2.03. The standard InChI is InChI=1S/C11H15ClN2/c1-14(8-11(13)6-7-11)10-4-2-9(12)3-5-10/h2-5H,6-8,13H2,1H3. The Morgan fingerprint density at radius 3 is 2.43 bits per heavy atom. The molecular weight excluding hydrogens is 196 g/mol. The first-order valence-corrected chi connectivity index (χ1v) is 5.22. The smallest absolute Gasteiger partial charge is 0.0407 e. The van der Waals surface area contributed by atoms with E-state index in [1.807, 2.05) is 24.3 Å². The van der Waals surface area contributed by atoms with Gasteiger partial charge in [-0.25, -0.2) is 0 Å². The van der Waals surface area contributed by atoms with Crippen LogP contribution in [0.25, 0.3) is 0 Å². The predicted octanol–water partition coefficient (Wildman–Crippen LogP) is 2.27. The van der Waals surface area contributed by atoms with Gasteiger partial charge in [-0.3, -0.25) is 0 Å². The molecule has 0 bridgehead atoms. The fourth-order valence-corrected chi connectivity index (χ4v) is 1.70. The molecule has 0 aromatic heterocycles. The van der Waals surface area contributed by atoms with E-state index < -0.39 is 0 Å². The van der Waals surface area contributed by atoms with Crippen LogP contribution >= 0.6 is 11.6 Å². The molecule has 2 rings (SSSR count). The summed E-state index contributed by atoms with van der Waals surface area (Å²) < 4.78 is 0. The molecule has 1 saturated carbocycles. The maximum absolute atomic E-state index is 6.05. The Labute approximate surface area is 89.7 Å². The van der Waals surface area contributed by atoms with Crippen LogP contribution < -0.4 is 10.6 Å². The first-order chi connectivity index (χ1) is 6.59. The van der Waals surface area contributed by atoms with Crippen molar-refractivity contribution in [1.29, 1.82) is 0 Å². The fraction of sp³-hybridized carbons (Fsp3) is 0.455. The van der Waals surface area contributed by atoms with Crippen molar-refractivity contribution in [2.75, 3.05) is 18.5 Å². The summed E-state index contributed by atoms with van der Waals surface area (Å²) in [5.74, 6) is 0. The Morgan fingerprint density at radius 2 is 1.93 bits per heavy atom. The number of hydrogen-bond acceptors (Lipinski definition) is 2. The van der Waals surface area contributed by atoms with Crippen molar-refractivity contribution in [2.24, 2.45) is 5.73 Å². The zero-order chi connectivity index (χ0) is 10.2. The second-order valence-electron chi connectivity index (χ2n) is 4.19. The summed E-state index contributed by atoms with van der Waals surface area (Å²) in [6.45, 7) is 0.925. The van der Waals surface area contributed by atoms with Gasteiger partial charge in [0.1, 0.15) is 0 Å². The zero-order valence-corrected chi connectivity index (χ0v) is 9.09. The Kier molecular flexibility index (Phi) is 2.41. The molecular formula is C11H15ClN2. The predicted molar refractivity (Wildman–Crippen MR) is 60.9 cm³/mol. The van der Waals surface area contributed by atoms with E-state index in [4.69, 9.17) is 17.3 Å². The first kappa shape index (κ1) is 9.81. The molecule has 0 amide bonds. The van der Waals surface area contributed by atoms with Crippen LogP contribution in [0.2, 0.25) is 5.02 Å². The number of halogens is 1. The first-order valence-electron chi connectivity index (χ1n) is 4.85. The van der Waals surface area contributed by atoms with E-state index in [1.54, 1.807) is 0 Å².